The molecule has 1 aromatic carbocycles. The summed E-state index contributed by atoms with van der Waals surface area (Å²) in [6.45, 7) is 7.39. The predicted molar refractivity (Wildman–Crippen MR) is 83.2 cm³/mol. The molecule has 0 aromatic heterocycles. The summed E-state index contributed by atoms with van der Waals surface area (Å²) in [5, 5.41) is 0. The highest BCUT2D eigenvalue weighted by molar-refractivity contribution is 5.37. The van der Waals surface area contributed by atoms with Crippen LogP contribution in [0.2, 0.25) is 0 Å². The minimum atomic E-state index is 0.290. The summed E-state index contributed by atoms with van der Waals surface area (Å²) in [4.78, 5) is 2.46. The van der Waals surface area contributed by atoms with Crippen LogP contribution >= 0.6 is 0 Å². The first-order chi connectivity index (χ1) is 10.3. The standard InChI is InChI=1S/C18H23NO2/c1-15-2-4-16(5-3-15)6-7-18(17-8-11-21-14-17)19-9-12-20-13-10-19/h2-5,17-18H,8-14H2,1H3. The van der Waals surface area contributed by atoms with E-state index in [4.69, 9.17) is 9.47 Å². The smallest absolute Gasteiger partial charge is 0.0771 e. The minimum absolute atomic E-state index is 0.290. The van der Waals surface area contributed by atoms with Crippen LogP contribution in [-0.4, -0.2) is 50.5 Å². The van der Waals surface area contributed by atoms with Gasteiger partial charge < -0.3 is 9.47 Å². The Morgan fingerprint density at radius 3 is 2.52 bits per heavy atom. The maximum absolute atomic E-state index is 5.57. The maximum atomic E-state index is 5.57. The number of ether oxygens (including phenoxy) is 2. The van der Waals surface area contributed by atoms with Crippen molar-refractivity contribution in [3.05, 3.63) is 35.4 Å². The summed E-state index contributed by atoms with van der Waals surface area (Å²) >= 11 is 0. The van der Waals surface area contributed by atoms with E-state index < -0.39 is 0 Å². The number of hydrogen-bond acceptors (Lipinski definition) is 3. The highest BCUT2D eigenvalue weighted by atomic mass is 16.5. The molecule has 112 valence electrons. The Hall–Kier alpha value is -1.34. The SMILES string of the molecule is Cc1ccc(C#CC(C2CCOC2)N2CCOCC2)cc1. The third kappa shape index (κ3) is 3.85. The van der Waals surface area contributed by atoms with Crippen LogP contribution in [0, 0.1) is 24.7 Å². The Balaban J connectivity index is 1.76. The molecule has 2 saturated heterocycles. The third-order valence-corrected chi connectivity index (χ3v) is 4.27. The molecule has 2 aliphatic rings. The maximum Gasteiger partial charge on any atom is 0.0771 e. The summed E-state index contributed by atoms with van der Waals surface area (Å²) in [7, 11) is 0. The molecule has 0 radical (unpaired) electrons. The molecule has 0 amide bonds. The molecule has 3 rings (SSSR count). The summed E-state index contributed by atoms with van der Waals surface area (Å²) in [6, 6.07) is 8.73. The molecule has 2 fully saturated rings. The largest absolute Gasteiger partial charge is 0.381 e. The topological polar surface area (TPSA) is 21.7 Å². The molecule has 1 aromatic rings. The van der Waals surface area contributed by atoms with E-state index in [2.05, 4.69) is 47.9 Å². The number of morpholine rings is 1. The van der Waals surface area contributed by atoms with E-state index in [9.17, 15) is 0 Å². The lowest BCUT2D eigenvalue weighted by atomic mass is 9.97. The fourth-order valence-electron chi connectivity index (χ4n) is 2.96. The molecular weight excluding hydrogens is 262 g/mol. The Labute approximate surface area is 127 Å². The summed E-state index contributed by atoms with van der Waals surface area (Å²) in [6.07, 6.45) is 1.12. The van der Waals surface area contributed by atoms with Crippen molar-refractivity contribution in [2.75, 3.05) is 39.5 Å². The van der Waals surface area contributed by atoms with Crippen molar-refractivity contribution in [3.63, 3.8) is 0 Å². The van der Waals surface area contributed by atoms with Gasteiger partial charge in [0, 0.05) is 31.2 Å². The number of benzene rings is 1. The van der Waals surface area contributed by atoms with Crippen molar-refractivity contribution in [2.45, 2.75) is 19.4 Å². The zero-order chi connectivity index (χ0) is 14.5. The van der Waals surface area contributed by atoms with Gasteiger partial charge in [-0.1, -0.05) is 29.5 Å². The van der Waals surface area contributed by atoms with Gasteiger partial charge in [0.2, 0.25) is 0 Å². The Morgan fingerprint density at radius 2 is 1.86 bits per heavy atom. The van der Waals surface area contributed by atoms with Crippen LogP contribution in [0.3, 0.4) is 0 Å². The first-order valence-electron chi connectivity index (χ1n) is 7.81. The van der Waals surface area contributed by atoms with Crippen LogP contribution in [0.5, 0.6) is 0 Å². The first-order valence-corrected chi connectivity index (χ1v) is 7.81. The van der Waals surface area contributed by atoms with Gasteiger partial charge in [0.25, 0.3) is 0 Å². The Bertz CT molecular complexity index is 502. The number of aryl methyl sites for hydroxylation is 1. The van der Waals surface area contributed by atoms with Crippen LogP contribution in [0.25, 0.3) is 0 Å². The van der Waals surface area contributed by atoms with E-state index in [1.165, 1.54) is 5.56 Å². The van der Waals surface area contributed by atoms with Gasteiger partial charge in [0.1, 0.15) is 0 Å². The molecule has 0 saturated carbocycles. The van der Waals surface area contributed by atoms with Crippen LogP contribution in [0.4, 0.5) is 0 Å². The molecular formula is C18H23NO2. The molecule has 0 spiro atoms. The van der Waals surface area contributed by atoms with Crippen LogP contribution in [0.15, 0.2) is 24.3 Å². The van der Waals surface area contributed by atoms with Gasteiger partial charge in [-0.25, -0.2) is 0 Å². The second-order valence-electron chi connectivity index (χ2n) is 5.85. The van der Waals surface area contributed by atoms with Gasteiger partial charge in [-0.3, -0.25) is 4.90 Å². The fraction of sp³-hybridized carbons (Fsp3) is 0.556. The monoisotopic (exact) mass is 285 g/mol. The molecule has 2 heterocycles. The lowest BCUT2D eigenvalue weighted by molar-refractivity contribution is 0.0152. The normalized spacial score (nSPS) is 24.3. The average Bonchev–Trinajstić information content (AvgIpc) is 3.05. The molecule has 2 aliphatic heterocycles. The van der Waals surface area contributed by atoms with E-state index in [0.717, 1.165) is 51.5 Å². The van der Waals surface area contributed by atoms with E-state index in [-0.39, 0.29) is 6.04 Å². The molecule has 21 heavy (non-hydrogen) atoms. The quantitative estimate of drug-likeness (QED) is 0.777. The molecule has 3 nitrogen and oxygen atoms in total. The Kier molecular flexibility index (Phi) is 4.92. The van der Waals surface area contributed by atoms with Gasteiger partial charge >= 0.3 is 0 Å². The van der Waals surface area contributed by atoms with Crippen LogP contribution < -0.4 is 0 Å². The molecule has 0 bridgehead atoms. The lowest BCUT2D eigenvalue weighted by Crippen LogP contribution is -2.46. The van der Waals surface area contributed by atoms with E-state index in [1.54, 1.807) is 0 Å². The highest BCUT2D eigenvalue weighted by Gasteiger charge is 2.30. The number of nitrogens with zero attached hydrogens (tertiary/aromatic N) is 1. The van der Waals surface area contributed by atoms with Crippen molar-refractivity contribution in [1.29, 1.82) is 0 Å². The van der Waals surface area contributed by atoms with Crippen molar-refractivity contribution in [1.82, 2.24) is 4.90 Å². The number of rotatable bonds is 2. The molecule has 3 heteroatoms. The van der Waals surface area contributed by atoms with E-state index in [0.29, 0.717) is 5.92 Å². The van der Waals surface area contributed by atoms with Crippen molar-refractivity contribution < 1.29 is 9.47 Å². The van der Waals surface area contributed by atoms with E-state index >= 15 is 0 Å². The van der Waals surface area contributed by atoms with Gasteiger partial charge in [-0.05, 0) is 25.5 Å². The summed E-state index contributed by atoms with van der Waals surface area (Å²) in [5.41, 5.74) is 2.37. The first kappa shape index (κ1) is 14.6. The van der Waals surface area contributed by atoms with Gasteiger partial charge in [-0.2, -0.15) is 0 Å². The lowest BCUT2D eigenvalue weighted by Gasteiger charge is -2.34. The van der Waals surface area contributed by atoms with E-state index in [1.807, 2.05) is 0 Å². The molecule has 2 atom stereocenters. The zero-order valence-electron chi connectivity index (χ0n) is 12.7. The van der Waals surface area contributed by atoms with Crippen molar-refractivity contribution >= 4 is 0 Å². The van der Waals surface area contributed by atoms with Crippen molar-refractivity contribution in [3.8, 4) is 11.8 Å². The van der Waals surface area contributed by atoms with Crippen molar-refractivity contribution in [2.24, 2.45) is 5.92 Å². The number of hydrogen-bond donors (Lipinski definition) is 0. The molecule has 2 unspecified atom stereocenters. The van der Waals surface area contributed by atoms with Gasteiger partial charge in [-0.15, -0.1) is 0 Å². The van der Waals surface area contributed by atoms with Crippen LogP contribution in [-0.2, 0) is 9.47 Å². The second-order valence-corrected chi connectivity index (χ2v) is 5.85. The summed E-state index contributed by atoms with van der Waals surface area (Å²) < 4.78 is 11.0. The average molecular weight is 285 g/mol. The van der Waals surface area contributed by atoms with Gasteiger partial charge in [0.15, 0.2) is 0 Å². The molecule has 0 aliphatic carbocycles. The highest BCUT2D eigenvalue weighted by Crippen LogP contribution is 2.22. The third-order valence-electron chi connectivity index (χ3n) is 4.27. The fourth-order valence-corrected chi connectivity index (χ4v) is 2.96. The minimum Gasteiger partial charge on any atom is -0.381 e. The van der Waals surface area contributed by atoms with Crippen LogP contribution in [0.1, 0.15) is 17.5 Å². The summed E-state index contributed by atoms with van der Waals surface area (Å²) in [5.74, 6) is 7.39. The van der Waals surface area contributed by atoms with Gasteiger partial charge in [0.05, 0.1) is 25.9 Å². The predicted octanol–water partition coefficient (Wildman–Crippen LogP) is 2.08. The zero-order valence-corrected chi connectivity index (χ0v) is 12.7. The molecule has 0 N–H and O–H groups in total. The Morgan fingerprint density at radius 1 is 1.10 bits per heavy atom. The second kappa shape index (κ2) is 7.09.